The molecular weight excluding hydrogens is 388 g/mol. The summed E-state index contributed by atoms with van der Waals surface area (Å²) in [6.45, 7) is 2.58. The predicted octanol–water partition coefficient (Wildman–Crippen LogP) is 5.00. The fourth-order valence-electron chi connectivity index (χ4n) is 3.90. The van der Waals surface area contributed by atoms with Gasteiger partial charge in [0, 0.05) is 30.5 Å². The van der Waals surface area contributed by atoms with Crippen molar-refractivity contribution in [2.24, 2.45) is 0 Å². The number of carbonyl (C=O) groups is 1. The molecule has 2 heterocycles. The fourth-order valence-corrected chi connectivity index (χ4v) is 4.12. The Balaban J connectivity index is 1.40. The van der Waals surface area contributed by atoms with Crippen molar-refractivity contribution >= 4 is 17.6 Å². The number of rotatable bonds is 6. The lowest BCUT2D eigenvalue weighted by molar-refractivity contribution is 0.0696. The van der Waals surface area contributed by atoms with Gasteiger partial charge in [0.15, 0.2) is 5.89 Å². The number of hydrogen-bond donors (Lipinski definition) is 1. The van der Waals surface area contributed by atoms with Crippen LogP contribution in [0.5, 0.6) is 0 Å². The number of piperidine rings is 1. The van der Waals surface area contributed by atoms with Crippen LogP contribution in [0.4, 0.5) is 0 Å². The van der Waals surface area contributed by atoms with Gasteiger partial charge in [0.1, 0.15) is 5.76 Å². The van der Waals surface area contributed by atoms with Gasteiger partial charge in [0.05, 0.1) is 11.8 Å². The second-order valence-electron chi connectivity index (χ2n) is 7.55. The molecule has 1 aromatic heterocycles. The maximum atomic E-state index is 11.2. The summed E-state index contributed by atoms with van der Waals surface area (Å²) in [7, 11) is 0. The van der Waals surface area contributed by atoms with Crippen LogP contribution in [0.3, 0.4) is 0 Å². The second kappa shape index (κ2) is 8.80. The maximum Gasteiger partial charge on any atom is 0.335 e. The summed E-state index contributed by atoms with van der Waals surface area (Å²) in [5.74, 6) is 0.981. The topological polar surface area (TPSA) is 66.6 Å². The number of aromatic carboxylic acids is 1. The van der Waals surface area contributed by atoms with Crippen LogP contribution >= 0.6 is 11.6 Å². The predicted molar refractivity (Wildman–Crippen MR) is 111 cm³/mol. The number of aromatic nitrogens is 1. The van der Waals surface area contributed by atoms with E-state index in [9.17, 15) is 9.90 Å². The first kappa shape index (κ1) is 19.7. The van der Waals surface area contributed by atoms with E-state index in [1.807, 2.05) is 36.5 Å². The molecule has 2 aromatic carbocycles. The Morgan fingerprint density at radius 1 is 1.21 bits per heavy atom. The Bertz CT molecular complexity index is 1000. The first-order valence-electron chi connectivity index (χ1n) is 9.80. The summed E-state index contributed by atoms with van der Waals surface area (Å²) in [6.07, 6.45) is 4.59. The van der Waals surface area contributed by atoms with Gasteiger partial charge in [-0.25, -0.2) is 9.78 Å². The molecule has 4 rings (SSSR count). The highest BCUT2D eigenvalue weighted by atomic mass is 35.5. The van der Waals surface area contributed by atoms with E-state index in [1.54, 1.807) is 18.2 Å². The molecule has 29 heavy (non-hydrogen) atoms. The minimum atomic E-state index is -0.893. The number of benzene rings is 2. The average molecular weight is 411 g/mol. The Morgan fingerprint density at radius 3 is 2.86 bits per heavy atom. The van der Waals surface area contributed by atoms with Gasteiger partial charge in [0.2, 0.25) is 0 Å². The Labute approximate surface area is 174 Å². The molecule has 1 N–H and O–H groups in total. The zero-order valence-electron chi connectivity index (χ0n) is 16.1. The van der Waals surface area contributed by atoms with Gasteiger partial charge in [-0.15, -0.1) is 0 Å². The van der Waals surface area contributed by atoms with Crippen molar-refractivity contribution in [1.82, 2.24) is 9.88 Å². The fraction of sp³-hybridized carbons (Fsp3) is 0.304. The van der Waals surface area contributed by atoms with E-state index in [1.165, 1.54) is 0 Å². The van der Waals surface area contributed by atoms with E-state index in [0.717, 1.165) is 60.3 Å². The molecule has 3 aromatic rings. The summed E-state index contributed by atoms with van der Waals surface area (Å²) < 4.78 is 6.06. The SMILES string of the molecule is O=C(O)c1cccc(CN2CCC[C@@H](c3ncc(Cc4cccc(Cl)c4)o3)C2)c1. The first-order chi connectivity index (χ1) is 14.1. The molecule has 0 aliphatic carbocycles. The molecule has 0 unspecified atom stereocenters. The third-order valence-electron chi connectivity index (χ3n) is 5.27. The number of carboxylic acid groups (broad SMARTS) is 1. The largest absolute Gasteiger partial charge is 0.478 e. The lowest BCUT2D eigenvalue weighted by Gasteiger charge is -2.31. The summed E-state index contributed by atoms with van der Waals surface area (Å²) in [4.78, 5) is 18.1. The molecule has 1 aliphatic heterocycles. The van der Waals surface area contributed by atoms with E-state index >= 15 is 0 Å². The molecule has 1 saturated heterocycles. The highest BCUT2D eigenvalue weighted by molar-refractivity contribution is 6.30. The molecular formula is C23H23ClN2O3. The van der Waals surface area contributed by atoms with Crippen LogP contribution in [-0.2, 0) is 13.0 Å². The van der Waals surface area contributed by atoms with Gasteiger partial charge in [-0.2, -0.15) is 0 Å². The Kier molecular flexibility index (Phi) is 5.97. The number of nitrogens with zero attached hydrogens (tertiary/aromatic N) is 2. The third-order valence-corrected chi connectivity index (χ3v) is 5.51. The normalized spacial score (nSPS) is 17.3. The smallest absolute Gasteiger partial charge is 0.335 e. The van der Waals surface area contributed by atoms with Crippen LogP contribution in [-0.4, -0.2) is 34.0 Å². The molecule has 1 atom stereocenters. The van der Waals surface area contributed by atoms with Crippen molar-refractivity contribution in [1.29, 1.82) is 0 Å². The van der Waals surface area contributed by atoms with Gasteiger partial charge in [0.25, 0.3) is 0 Å². The summed E-state index contributed by atoms with van der Waals surface area (Å²) in [5.41, 5.74) is 2.44. The van der Waals surface area contributed by atoms with Crippen LogP contribution in [0.1, 0.15) is 51.9 Å². The Hall–Kier alpha value is -2.63. The molecule has 1 fully saturated rings. The van der Waals surface area contributed by atoms with Crippen LogP contribution in [0.15, 0.2) is 59.1 Å². The van der Waals surface area contributed by atoms with E-state index in [4.69, 9.17) is 16.0 Å². The number of likely N-dealkylation sites (tertiary alicyclic amines) is 1. The minimum Gasteiger partial charge on any atom is -0.478 e. The zero-order chi connectivity index (χ0) is 20.2. The van der Waals surface area contributed by atoms with Crippen molar-refractivity contribution in [2.75, 3.05) is 13.1 Å². The standard InChI is InChI=1S/C23H23ClN2O3/c24-20-8-2-4-16(11-20)12-21-13-25-22(29-21)19-7-3-9-26(15-19)14-17-5-1-6-18(10-17)23(27)28/h1-2,4-6,8,10-11,13,19H,3,7,9,12,14-15H2,(H,27,28)/t19-/m1/s1. The highest BCUT2D eigenvalue weighted by Crippen LogP contribution is 2.28. The van der Waals surface area contributed by atoms with E-state index in [2.05, 4.69) is 9.88 Å². The lowest BCUT2D eigenvalue weighted by Crippen LogP contribution is -2.34. The van der Waals surface area contributed by atoms with Gasteiger partial charge in [-0.05, 0) is 54.8 Å². The molecule has 0 bridgehead atoms. The van der Waals surface area contributed by atoms with Gasteiger partial charge >= 0.3 is 5.97 Å². The van der Waals surface area contributed by atoms with E-state index < -0.39 is 5.97 Å². The highest BCUT2D eigenvalue weighted by Gasteiger charge is 2.25. The number of oxazole rings is 1. The molecule has 6 heteroatoms. The quantitative estimate of drug-likeness (QED) is 0.619. The monoisotopic (exact) mass is 410 g/mol. The van der Waals surface area contributed by atoms with Crippen molar-refractivity contribution in [3.8, 4) is 0 Å². The van der Waals surface area contributed by atoms with Crippen molar-refractivity contribution < 1.29 is 14.3 Å². The lowest BCUT2D eigenvalue weighted by atomic mass is 9.97. The van der Waals surface area contributed by atoms with Crippen LogP contribution in [0, 0.1) is 0 Å². The van der Waals surface area contributed by atoms with Crippen molar-refractivity contribution in [3.63, 3.8) is 0 Å². The van der Waals surface area contributed by atoms with Crippen molar-refractivity contribution in [3.05, 3.63) is 88.1 Å². The average Bonchev–Trinajstić information content (AvgIpc) is 3.17. The molecule has 1 aliphatic rings. The molecule has 0 radical (unpaired) electrons. The van der Waals surface area contributed by atoms with E-state index in [-0.39, 0.29) is 5.92 Å². The summed E-state index contributed by atoms with van der Waals surface area (Å²) in [6, 6.07) is 14.9. The van der Waals surface area contributed by atoms with Crippen molar-refractivity contribution in [2.45, 2.75) is 31.7 Å². The van der Waals surface area contributed by atoms with Crippen LogP contribution in [0.25, 0.3) is 0 Å². The molecule has 5 nitrogen and oxygen atoms in total. The summed E-state index contributed by atoms with van der Waals surface area (Å²) in [5, 5.41) is 9.91. The van der Waals surface area contributed by atoms with E-state index in [0.29, 0.717) is 12.0 Å². The third kappa shape index (κ3) is 5.05. The van der Waals surface area contributed by atoms with Gasteiger partial charge in [-0.1, -0.05) is 35.9 Å². The van der Waals surface area contributed by atoms with Crippen LogP contribution in [0.2, 0.25) is 5.02 Å². The van der Waals surface area contributed by atoms with Crippen LogP contribution < -0.4 is 0 Å². The summed E-state index contributed by atoms with van der Waals surface area (Å²) >= 11 is 6.06. The zero-order valence-corrected chi connectivity index (χ0v) is 16.8. The molecule has 0 spiro atoms. The number of hydrogen-bond acceptors (Lipinski definition) is 4. The molecule has 0 saturated carbocycles. The second-order valence-corrected chi connectivity index (χ2v) is 7.99. The minimum absolute atomic E-state index is 0.250. The molecule has 0 amide bonds. The number of halogens is 1. The number of carboxylic acids is 1. The van der Waals surface area contributed by atoms with Gasteiger partial charge in [-0.3, -0.25) is 4.90 Å². The Morgan fingerprint density at radius 2 is 2.03 bits per heavy atom. The first-order valence-corrected chi connectivity index (χ1v) is 10.2. The maximum absolute atomic E-state index is 11.2. The van der Waals surface area contributed by atoms with Gasteiger partial charge < -0.3 is 9.52 Å². The molecule has 150 valence electrons.